The number of thioether (sulfide) groups is 1. The zero-order chi connectivity index (χ0) is 51.9. The number of halogens is 2. The number of carbonyl (C=O) groups is 2. The van der Waals surface area contributed by atoms with Crippen molar-refractivity contribution in [1.82, 2.24) is 25.0 Å². The third-order valence-corrected chi connectivity index (χ3v) is 20.1. The molecule has 2 unspecified atom stereocenters. The van der Waals surface area contributed by atoms with Crippen molar-refractivity contribution in [2.75, 3.05) is 31.0 Å². The van der Waals surface area contributed by atoms with Crippen molar-refractivity contribution in [2.45, 2.75) is 152 Å². The van der Waals surface area contributed by atoms with E-state index in [-0.39, 0.29) is 38.9 Å². The van der Waals surface area contributed by atoms with Crippen LogP contribution in [-0.2, 0) is 41.1 Å². The average molecular weight is 1150 g/mol. The third kappa shape index (κ3) is 12.4. The third-order valence-electron chi connectivity index (χ3n) is 11.6. The number of benzene rings is 3. The summed E-state index contributed by atoms with van der Waals surface area (Å²) >= 11 is -2.09. The molecule has 0 spiro atoms. The van der Waals surface area contributed by atoms with Crippen LogP contribution >= 0.6 is 32.0 Å². The molecule has 3 aromatic carbocycles. The van der Waals surface area contributed by atoms with E-state index < -0.39 is 95.8 Å². The topological polar surface area (TPSA) is 202 Å². The summed E-state index contributed by atoms with van der Waals surface area (Å²) in [6.07, 6.45) is -1.43. The minimum atomic E-state index is -4.30. The van der Waals surface area contributed by atoms with Crippen LogP contribution in [0.15, 0.2) is 76.8 Å². The van der Waals surface area contributed by atoms with Crippen LogP contribution in [0.1, 0.15) is 105 Å². The van der Waals surface area contributed by atoms with E-state index in [0.29, 0.717) is 44.3 Å². The van der Waals surface area contributed by atoms with Gasteiger partial charge in [-0.2, -0.15) is 0 Å². The van der Waals surface area contributed by atoms with Crippen LogP contribution in [0.2, 0.25) is 0 Å². The van der Waals surface area contributed by atoms with Crippen LogP contribution in [0.5, 0.6) is 5.75 Å². The molecule has 0 bridgehead atoms. The Morgan fingerprint density at radius 2 is 1.62 bits per heavy atom. The summed E-state index contributed by atoms with van der Waals surface area (Å²) < 4.78 is 93.7. The number of carbonyl (C=O) groups excluding carboxylic acids is 2. The fourth-order valence-electron chi connectivity index (χ4n) is 8.45. The van der Waals surface area contributed by atoms with Gasteiger partial charge >= 0.3 is 308 Å². The van der Waals surface area contributed by atoms with Crippen LogP contribution in [0.25, 0.3) is 11.2 Å². The van der Waals surface area contributed by atoms with Gasteiger partial charge in [-0.05, 0) is 41.0 Å². The summed E-state index contributed by atoms with van der Waals surface area (Å²) in [5.74, 6) is -0.576. The quantitative estimate of drug-likeness (QED) is 0.0279. The zero-order valence-corrected chi connectivity index (χ0v) is 46.0. The Kier molecular flexibility index (Phi) is 15.8. The summed E-state index contributed by atoms with van der Waals surface area (Å²) in [5.41, 5.74) is 0.424. The molecule has 72 heavy (non-hydrogen) atoms. The van der Waals surface area contributed by atoms with Gasteiger partial charge in [0.2, 0.25) is 0 Å². The second-order valence-electron chi connectivity index (χ2n) is 20.1. The number of nitrogens with zero attached hydrogens (tertiary/aromatic N) is 6. The monoisotopic (exact) mass is 1150 g/mol. The number of anilines is 1. The summed E-state index contributed by atoms with van der Waals surface area (Å²) in [4.78, 5) is 38.1. The van der Waals surface area contributed by atoms with E-state index in [1.165, 1.54) is 42.0 Å². The van der Waals surface area contributed by atoms with Crippen LogP contribution in [0.4, 0.5) is 19.8 Å². The maximum atomic E-state index is 16.8. The molecule has 390 valence electrons. The standard InChI is InChI=1S/C50H62FIN6O12S2/c1-12-25-71-45-53-43(40-44(54-45)58(56-55-40)38-28-39(42-41(38)66-50(9,10)67-42)64-23-24-65-47(60)69-49(6,7)8)57(46(59)68-48(3,4)5)37-27-34(37)30-15-22-36(35(51)26-30)52(31-16-18-32(63-11)19-17-31)70-72(61,62)33-20-13-29(2)14-21-33/h13-22,26,34,37-39,41-42H,12,23-25,27-28H2,1-11H3/t34?,37?,38-,39+,41+,42-/m1/s1. The molecule has 1 amide bonds. The molecule has 2 aromatic heterocycles. The molecular formula is C50H62FIN6O12S2. The van der Waals surface area contributed by atoms with Gasteiger partial charge in [-0.3, -0.25) is 0 Å². The van der Waals surface area contributed by atoms with Crippen molar-refractivity contribution in [3.63, 3.8) is 0 Å². The van der Waals surface area contributed by atoms with Gasteiger partial charge in [-0.15, -0.1) is 0 Å². The SMILES string of the molecule is CCCSc1nc(N(C(=O)OC(C)(C)C)C2CC2c2ccc(I(OS(=O)(=O)c3ccc(C)cc3)c3ccc(OC)cc3)c(F)c2)c2nnn([C@@H]3C[C@H](OCCOC(=O)OC(C)(C)C)[C@H]4OC(C)(C)O[C@H]43)c2n1. The Balaban J connectivity index is 1.11. The number of aromatic nitrogens is 5. The normalized spacial score (nSPS) is 21.8. The molecule has 6 atom stereocenters. The molecule has 0 N–H and O–H groups in total. The van der Waals surface area contributed by atoms with E-state index in [1.54, 1.807) is 94.8 Å². The first-order chi connectivity index (χ1) is 33.9. The van der Waals surface area contributed by atoms with Gasteiger partial charge in [-0.1, -0.05) is 6.92 Å². The predicted octanol–water partition coefficient (Wildman–Crippen LogP) is 10.1. The Morgan fingerprint density at radius 1 is 0.931 bits per heavy atom. The van der Waals surface area contributed by atoms with Crippen molar-refractivity contribution in [3.05, 3.63) is 90.8 Å². The number of ether oxygens (including phenoxy) is 7. The second-order valence-corrected chi connectivity index (χ2v) is 27.6. The molecule has 3 fully saturated rings. The summed E-state index contributed by atoms with van der Waals surface area (Å²) in [6, 6.07) is 16.7. The van der Waals surface area contributed by atoms with E-state index in [2.05, 4.69) is 10.3 Å². The first kappa shape index (κ1) is 53.6. The first-order valence-corrected chi connectivity index (χ1v) is 29.1. The van der Waals surface area contributed by atoms with Crippen molar-refractivity contribution >= 4 is 71.3 Å². The fraction of sp³-hybridized carbons (Fsp3) is 0.520. The van der Waals surface area contributed by atoms with Crippen LogP contribution in [0, 0.1) is 19.9 Å². The van der Waals surface area contributed by atoms with Gasteiger partial charge in [-0.25, -0.2) is 4.79 Å². The number of amides is 1. The van der Waals surface area contributed by atoms with E-state index in [1.807, 2.05) is 27.7 Å². The molecule has 3 heterocycles. The summed E-state index contributed by atoms with van der Waals surface area (Å²) in [5, 5.41) is 9.65. The number of fused-ring (bicyclic) bond motifs is 2. The van der Waals surface area contributed by atoms with Gasteiger partial charge in [0.25, 0.3) is 0 Å². The van der Waals surface area contributed by atoms with Crippen molar-refractivity contribution in [2.24, 2.45) is 0 Å². The number of rotatable bonds is 17. The number of aryl methyl sites for hydroxylation is 1. The van der Waals surface area contributed by atoms with Crippen molar-refractivity contribution in [1.29, 1.82) is 0 Å². The van der Waals surface area contributed by atoms with Gasteiger partial charge in [0.1, 0.15) is 24.4 Å². The van der Waals surface area contributed by atoms with E-state index in [4.69, 9.17) is 45.6 Å². The molecule has 18 nitrogen and oxygen atoms in total. The molecule has 5 aromatic rings. The molecule has 2 aliphatic carbocycles. The van der Waals surface area contributed by atoms with Crippen LogP contribution < -0.4 is 9.64 Å². The zero-order valence-electron chi connectivity index (χ0n) is 42.2. The molecule has 1 saturated heterocycles. The van der Waals surface area contributed by atoms with E-state index in [9.17, 15) is 18.0 Å². The summed E-state index contributed by atoms with van der Waals surface area (Å²) in [6.45, 7) is 18.1. The molecule has 8 rings (SSSR count). The van der Waals surface area contributed by atoms with Crippen molar-refractivity contribution < 1.29 is 58.1 Å². The van der Waals surface area contributed by atoms with Crippen LogP contribution in [0.3, 0.4) is 0 Å². The van der Waals surface area contributed by atoms with Crippen LogP contribution in [-0.4, -0.2) is 113 Å². The van der Waals surface area contributed by atoms with Gasteiger partial charge in [0.15, 0.2) is 5.79 Å². The van der Waals surface area contributed by atoms with Gasteiger partial charge in [0, 0.05) is 6.42 Å². The van der Waals surface area contributed by atoms with E-state index in [0.717, 1.165) is 12.0 Å². The summed E-state index contributed by atoms with van der Waals surface area (Å²) in [7, 11) is -2.78. The Morgan fingerprint density at radius 3 is 2.28 bits per heavy atom. The Labute approximate surface area is 431 Å². The fourth-order valence-corrected chi connectivity index (χ4v) is 16.1. The molecule has 22 heteroatoms. The second kappa shape index (κ2) is 21.3. The molecule has 0 radical (unpaired) electrons. The van der Waals surface area contributed by atoms with Gasteiger partial charge < -0.3 is 23.7 Å². The van der Waals surface area contributed by atoms with Crippen molar-refractivity contribution in [3.8, 4) is 5.75 Å². The minimum absolute atomic E-state index is 0.0334. The molecule has 2 saturated carbocycles. The van der Waals surface area contributed by atoms with E-state index >= 15 is 4.39 Å². The van der Waals surface area contributed by atoms with Gasteiger partial charge in [0.05, 0.1) is 12.7 Å². The molecule has 3 aliphatic rings. The first-order valence-electron chi connectivity index (χ1n) is 23.7. The number of hydrogen-bond acceptors (Lipinski definition) is 17. The number of hydrogen-bond donors (Lipinski definition) is 0. The Hall–Kier alpha value is -4.72. The Bertz CT molecular complexity index is 2880. The predicted molar refractivity (Wildman–Crippen MR) is 274 cm³/mol. The average Bonchev–Trinajstić information content (AvgIpc) is 3.69. The number of methoxy groups -OCH3 is 1. The molecule has 1 aliphatic heterocycles. The maximum absolute atomic E-state index is 16.8. The molecular weight excluding hydrogens is 1090 g/mol.